The van der Waals surface area contributed by atoms with Gasteiger partial charge < -0.3 is 24.4 Å². The molecule has 0 radical (unpaired) electrons. The molecule has 3 rings (SSSR count). The van der Waals surface area contributed by atoms with Gasteiger partial charge in [-0.05, 0) is 69.7 Å². The Kier molecular flexibility index (Phi) is 9.59. The SMILES string of the molecule is CCOC(=O)N(C)Cc1cnc(Oc2ccc(N(C(=O)c3ccc(C)cc3)C(C)C)c(C(=O)O)c2)c(C(F)(F)F)c1. The van der Waals surface area contributed by atoms with E-state index in [2.05, 4.69) is 4.98 Å². The van der Waals surface area contributed by atoms with Gasteiger partial charge in [-0.1, -0.05) is 17.7 Å². The van der Waals surface area contributed by atoms with E-state index in [1.54, 1.807) is 45.0 Å². The zero-order valence-corrected chi connectivity index (χ0v) is 23.2. The van der Waals surface area contributed by atoms with E-state index in [1.165, 1.54) is 24.1 Å². The monoisotopic (exact) mass is 573 g/mol. The van der Waals surface area contributed by atoms with Gasteiger partial charge in [-0.15, -0.1) is 0 Å². The van der Waals surface area contributed by atoms with Crippen LogP contribution < -0.4 is 9.64 Å². The Balaban J connectivity index is 1.98. The molecule has 0 atom stereocenters. The highest BCUT2D eigenvalue weighted by Crippen LogP contribution is 2.38. The third-order valence-corrected chi connectivity index (χ3v) is 5.92. The van der Waals surface area contributed by atoms with Gasteiger partial charge in [-0.3, -0.25) is 4.79 Å². The van der Waals surface area contributed by atoms with Crippen LogP contribution in [0, 0.1) is 6.92 Å². The Morgan fingerprint density at radius 1 is 1.05 bits per heavy atom. The van der Waals surface area contributed by atoms with Crippen molar-refractivity contribution in [1.29, 1.82) is 0 Å². The first-order chi connectivity index (χ1) is 19.2. The predicted molar refractivity (Wildman–Crippen MR) is 144 cm³/mol. The maximum absolute atomic E-state index is 13.9. The molecule has 2 aromatic carbocycles. The molecule has 12 heteroatoms. The third kappa shape index (κ3) is 7.53. The molecule has 3 aromatic rings. The van der Waals surface area contributed by atoms with E-state index in [4.69, 9.17) is 9.47 Å². The van der Waals surface area contributed by atoms with Crippen molar-refractivity contribution in [3.63, 3.8) is 0 Å². The second-order valence-corrected chi connectivity index (χ2v) is 9.47. The molecular weight excluding hydrogens is 543 g/mol. The third-order valence-electron chi connectivity index (χ3n) is 5.92. The second-order valence-electron chi connectivity index (χ2n) is 9.47. The number of carboxylic acids is 1. The van der Waals surface area contributed by atoms with Crippen molar-refractivity contribution >= 4 is 23.7 Å². The van der Waals surface area contributed by atoms with Gasteiger partial charge in [-0.2, -0.15) is 13.2 Å². The van der Waals surface area contributed by atoms with E-state index in [-0.39, 0.29) is 35.7 Å². The number of carbonyl (C=O) groups excluding carboxylic acids is 2. The summed E-state index contributed by atoms with van der Waals surface area (Å²) in [5.41, 5.74) is -0.162. The molecule has 41 heavy (non-hydrogen) atoms. The lowest BCUT2D eigenvalue weighted by molar-refractivity contribution is -0.139. The van der Waals surface area contributed by atoms with Gasteiger partial charge in [0.15, 0.2) is 0 Å². The van der Waals surface area contributed by atoms with E-state index in [0.29, 0.717) is 5.56 Å². The van der Waals surface area contributed by atoms with Crippen LogP contribution in [0.2, 0.25) is 0 Å². The molecule has 1 aromatic heterocycles. The number of anilines is 1. The van der Waals surface area contributed by atoms with Gasteiger partial charge in [0.2, 0.25) is 5.88 Å². The predicted octanol–water partition coefficient (Wildman–Crippen LogP) is 6.54. The fourth-order valence-corrected chi connectivity index (χ4v) is 3.97. The summed E-state index contributed by atoms with van der Waals surface area (Å²) >= 11 is 0. The first-order valence-corrected chi connectivity index (χ1v) is 12.6. The van der Waals surface area contributed by atoms with Crippen molar-refractivity contribution in [2.24, 2.45) is 0 Å². The number of nitrogens with zero attached hydrogens (tertiary/aromatic N) is 3. The molecule has 0 aliphatic rings. The van der Waals surface area contributed by atoms with Crippen molar-refractivity contribution < 1.29 is 42.1 Å². The Morgan fingerprint density at radius 3 is 2.27 bits per heavy atom. The number of carboxylic acid groups (broad SMARTS) is 1. The topological polar surface area (TPSA) is 109 Å². The van der Waals surface area contributed by atoms with Gasteiger partial charge in [0.25, 0.3) is 5.91 Å². The summed E-state index contributed by atoms with van der Waals surface area (Å²) in [4.78, 5) is 43.6. The average molecular weight is 574 g/mol. The number of hydrogen-bond acceptors (Lipinski definition) is 6. The molecular formula is C29H30F3N3O6. The summed E-state index contributed by atoms with van der Waals surface area (Å²) < 4.78 is 52.0. The highest BCUT2D eigenvalue weighted by atomic mass is 19.4. The van der Waals surface area contributed by atoms with Crippen LogP contribution in [0.3, 0.4) is 0 Å². The van der Waals surface area contributed by atoms with Crippen LogP contribution in [-0.4, -0.2) is 52.7 Å². The fourth-order valence-electron chi connectivity index (χ4n) is 3.97. The average Bonchev–Trinajstić information content (AvgIpc) is 2.89. The fraction of sp³-hybridized carbons (Fsp3) is 0.310. The van der Waals surface area contributed by atoms with E-state index < -0.39 is 41.6 Å². The van der Waals surface area contributed by atoms with E-state index in [9.17, 15) is 32.7 Å². The number of aryl methyl sites for hydroxylation is 1. The van der Waals surface area contributed by atoms with Crippen LogP contribution in [0.1, 0.15) is 58.2 Å². The normalized spacial score (nSPS) is 11.2. The minimum Gasteiger partial charge on any atom is -0.478 e. The molecule has 1 N–H and O–H groups in total. The molecule has 0 saturated carbocycles. The quantitative estimate of drug-likeness (QED) is 0.309. The zero-order chi connectivity index (χ0) is 30.5. The van der Waals surface area contributed by atoms with Crippen molar-refractivity contribution in [3.05, 3.63) is 82.5 Å². The summed E-state index contributed by atoms with van der Waals surface area (Å²) in [6, 6.07) is 10.7. The number of carbonyl (C=O) groups is 3. The van der Waals surface area contributed by atoms with Crippen LogP contribution in [0.5, 0.6) is 11.6 Å². The highest BCUT2D eigenvalue weighted by Gasteiger charge is 2.36. The molecule has 1 heterocycles. The van der Waals surface area contributed by atoms with Crippen LogP contribution in [0.15, 0.2) is 54.7 Å². The van der Waals surface area contributed by atoms with Crippen molar-refractivity contribution in [2.45, 2.75) is 46.5 Å². The van der Waals surface area contributed by atoms with E-state index in [1.807, 2.05) is 6.92 Å². The van der Waals surface area contributed by atoms with Crippen LogP contribution in [-0.2, 0) is 17.5 Å². The molecule has 0 spiro atoms. The molecule has 2 amide bonds. The number of amides is 2. The lowest BCUT2D eigenvalue weighted by Gasteiger charge is -2.28. The molecule has 0 unspecified atom stereocenters. The van der Waals surface area contributed by atoms with Crippen LogP contribution in [0.4, 0.5) is 23.7 Å². The Bertz CT molecular complexity index is 1420. The molecule has 0 aliphatic carbocycles. The molecule has 0 saturated heterocycles. The van der Waals surface area contributed by atoms with Gasteiger partial charge in [0.05, 0.1) is 24.4 Å². The zero-order valence-electron chi connectivity index (χ0n) is 23.2. The number of benzene rings is 2. The number of rotatable bonds is 9. The van der Waals surface area contributed by atoms with Crippen molar-refractivity contribution in [3.8, 4) is 11.6 Å². The minimum atomic E-state index is -4.87. The summed E-state index contributed by atoms with van der Waals surface area (Å²) in [7, 11) is 1.37. The molecule has 0 aliphatic heterocycles. The highest BCUT2D eigenvalue weighted by molar-refractivity contribution is 6.09. The number of halogens is 3. The maximum atomic E-state index is 13.9. The number of aromatic nitrogens is 1. The number of alkyl halides is 3. The van der Waals surface area contributed by atoms with Gasteiger partial charge in [0, 0.05) is 24.8 Å². The first kappa shape index (κ1) is 30.9. The number of hydrogen-bond donors (Lipinski definition) is 1. The van der Waals surface area contributed by atoms with Crippen LogP contribution >= 0.6 is 0 Å². The van der Waals surface area contributed by atoms with Crippen LogP contribution in [0.25, 0.3) is 0 Å². The summed E-state index contributed by atoms with van der Waals surface area (Å²) in [5.74, 6) is -2.89. The molecule has 0 bridgehead atoms. The number of aromatic carboxylic acids is 1. The summed E-state index contributed by atoms with van der Waals surface area (Å²) in [5, 5.41) is 9.93. The van der Waals surface area contributed by atoms with Gasteiger partial charge >= 0.3 is 18.2 Å². The lowest BCUT2D eigenvalue weighted by atomic mass is 10.1. The lowest BCUT2D eigenvalue weighted by Crippen LogP contribution is -2.38. The van der Waals surface area contributed by atoms with E-state index >= 15 is 0 Å². The van der Waals surface area contributed by atoms with Crippen molar-refractivity contribution in [2.75, 3.05) is 18.6 Å². The Morgan fingerprint density at radius 2 is 1.71 bits per heavy atom. The maximum Gasteiger partial charge on any atom is 0.421 e. The summed E-state index contributed by atoms with van der Waals surface area (Å²) in [6.07, 6.45) is -4.46. The molecule has 218 valence electrons. The van der Waals surface area contributed by atoms with Crippen molar-refractivity contribution in [1.82, 2.24) is 9.88 Å². The summed E-state index contributed by atoms with van der Waals surface area (Å²) in [6.45, 7) is 6.79. The standard InChI is InChI=1S/C29H30F3N3O6/c1-6-40-28(39)34(5)16-19-13-23(29(30,31)32)25(33-15-19)41-21-11-12-24(22(14-21)27(37)38)35(17(2)3)26(36)20-9-7-18(4)8-10-20/h7-15,17H,6,16H2,1-5H3,(H,37,38). The Labute approximate surface area is 235 Å². The molecule has 0 fully saturated rings. The minimum absolute atomic E-state index is 0.0479. The Hall–Kier alpha value is -4.61. The first-order valence-electron chi connectivity index (χ1n) is 12.6. The number of pyridine rings is 1. The smallest absolute Gasteiger partial charge is 0.421 e. The van der Waals surface area contributed by atoms with Gasteiger partial charge in [0.1, 0.15) is 11.3 Å². The molecule has 9 nitrogen and oxygen atoms in total. The largest absolute Gasteiger partial charge is 0.478 e. The second kappa shape index (κ2) is 12.7. The van der Waals surface area contributed by atoms with E-state index in [0.717, 1.165) is 28.8 Å². The number of ether oxygens (including phenoxy) is 2. The van der Waals surface area contributed by atoms with Gasteiger partial charge in [-0.25, -0.2) is 14.6 Å².